The van der Waals surface area contributed by atoms with E-state index in [-0.39, 0.29) is 0 Å². The van der Waals surface area contributed by atoms with Crippen LogP contribution in [0.4, 0.5) is 0 Å². The summed E-state index contributed by atoms with van der Waals surface area (Å²) in [7, 11) is 1.69. The molecule has 0 saturated carbocycles. The highest BCUT2D eigenvalue weighted by Gasteiger charge is 2.17. The van der Waals surface area contributed by atoms with E-state index in [9.17, 15) is 0 Å². The Balaban J connectivity index is 2.19. The number of fused-ring (bicyclic) bond motifs is 1. The lowest BCUT2D eigenvalue weighted by Crippen LogP contribution is -1.99. The number of ether oxygens (including phenoxy) is 1. The minimum atomic E-state index is 0.701. The zero-order valence-corrected chi connectivity index (χ0v) is 16.4. The zero-order chi connectivity index (χ0) is 17.1. The molecule has 0 spiro atoms. The molecule has 0 unspecified atom stereocenters. The quantitative estimate of drug-likeness (QED) is 0.388. The van der Waals surface area contributed by atoms with Gasteiger partial charge in [0.25, 0.3) is 0 Å². The predicted molar refractivity (Wildman–Crippen MR) is 110 cm³/mol. The smallest absolute Gasteiger partial charge is 0.128 e. The normalized spacial score (nSPS) is 11.2. The summed E-state index contributed by atoms with van der Waals surface area (Å²) in [6.45, 7) is 0.718. The van der Waals surface area contributed by atoms with Crippen LogP contribution in [0.5, 0.6) is 5.75 Å². The third-order valence-electron chi connectivity index (χ3n) is 4.18. The second-order valence-electron chi connectivity index (χ2n) is 5.76. The molecule has 1 heterocycles. The maximum Gasteiger partial charge on any atom is 0.128 e. The van der Waals surface area contributed by atoms with Gasteiger partial charge in [0.2, 0.25) is 0 Å². The lowest BCUT2D eigenvalue weighted by atomic mass is 10.00. The molecular formula is C19H20ClIN2O. The molecule has 0 radical (unpaired) electrons. The van der Waals surface area contributed by atoms with Crippen LogP contribution in [0.25, 0.3) is 22.2 Å². The standard InChI is InChI=1S/C19H20ClIN2O/c1-24-18-8-5-12(20)10-16(18)19-14(4-2-3-9-22)15-11-13(21)6-7-17(15)23-19/h5-8,10-11,23H,2-4,9,22H2,1H3. The molecule has 0 aliphatic carbocycles. The third-order valence-corrected chi connectivity index (χ3v) is 5.09. The number of aryl methyl sites for hydroxylation is 1. The topological polar surface area (TPSA) is 51.0 Å². The van der Waals surface area contributed by atoms with Crippen LogP contribution in [0.3, 0.4) is 0 Å². The molecule has 126 valence electrons. The molecule has 0 aliphatic rings. The van der Waals surface area contributed by atoms with Crippen molar-refractivity contribution >= 4 is 45.1 Å². The van der Waals surface area contributed by atoms with Gasteiger partial charge >= 0.3 is 0 Å². The van der Waals surface area contributed by atoms with Crippen molar-refractivity contribution in [2.24, 2.45) is 5.73 Å². The van der Waals surface area contributed by atoms with Gasteiger partial charge in [-0.25, -0.2) is 0 Å². The average Bonchev–Trinajstić information content (AvgIpc) is 2.93. The number of aromatic amines is 1. The number of halogens is 2. The van der Waals surface area contributed by atoms with Crippen LogP contribution in [-0.2, 0) is 6.42 Å². The summed E-state index contributed by atoms with van der Waals surface area (Å²) in [6.07, 6.45) is 3.05. The summed E-state index contributed by atoms with van der Waals surface area (Å²) in [5.74, 6) is 0.820. The van der Waals surface area contributed by atoms with Crippen molar-refractivity contribution in [1.82, 2.24) is 4.98 Å². The van der Waals surface area contributed by atoms with Crippen LogP contribution in [0, 0.1) is 3.57 Å². The van der Waals surface area contributed by atoms with Crippen molar-refractivity contribution < 1.29 is 4.74 Å². The molecule has 0 bridgehead atoms. The van der Waals surface area contributed by atoms with Gasteiger partial charge in [0.05, 0.1) is 12.8 Å². The SMILES string of the molecule is COc1ccc(Cl)cc1-c1[nH]c2ccc(I)cc2c1CCCCN. The van der Waals surface area contributed by atoms with Gasteiger partial charge in [-0.3, -0.25) is 0 Å². The van der Waals surface area contributed by atoms with Crippen LogP contribution in [0.1, 0.15) is 18.4 Å². The molecule has 0 saturated heterocycles. The van der Waals surface area contributed by atoms with Crippen LogP contribution in [0.15, 0.2) is 36.4 Å². The van der Waals surface area contributed by atoms with Gasteiger partial charge in [-0.15, -0.1) is 0 Å². The molecule has 1 aromatic heterocycles. The first-order chi connectivity index (χ1) is 11.6. The molecule has 3 nitrogen and oxygen atoms in total. The van der Waals surface area contributed by atoms with Gasteiger partial charge in [-0.1, -0.05) is 11.6 Å². The number of benzene rings is 2. The third kappa shape index (κ3) is 3.55. The number of hydrogen-bond acceptors (Lipinski definition) is 2. The van der Waals surface area contributed by atoms with Gasteiger partial charge in [-0.05, 0) is 90.4 Å². The average molecular weight is 455 g/mol. The number of unbranched alkanes of at least 4 members (excludes halogenated alkanes) is 1. The number of hydrogen-bond donors (Lipinski definition) is 2. The summed E-state index contributed by atoms with van der Waals surface area (Å²) in [4.78, 5) is 3.56. The maximum atomic E-state index is 6.24. The fourth-order valence-corrected chi connectivity index (χ4v) is 3.69. The Bertz CT molecular complexity index is 860. The monoisotopic (exact) mass is 454 g/mol. The van der Waals surface area contributed by atoms with Gasteiger partial charge in [0, 0.05) is 25.1 Å². The fraction of sp³-hybridized carbons (Fsp3) is 0.263. The van der Waals surface area contributed by atoms with E-state index < -0.39 is 0 Å². The molecule has 3 aromatic rings. The molecule has 3 N–H and O–H groups in total. The molecule has 0 atom stereocenters. The Labute approximate surface area is 160 Å². The van der Waals surface area contributed by atoms with Crippen LogP contribution in [0.2, 0.25) is 5.02 Å². The first-order valence-electron chi connectivity index (χ1n) is 7.98. The van der Waals surface area contributed by atoms with Crippen molar-refractivity contribution in [3.05, 3.63) is 50.6 Å². The Hall–Kier alpha value is -1.24. The molecule has 5 heteroatoms. The number of aromatic nitrogens is 1. The number of nitrogens with one attached hydrogen (secondary N) is 1. The Kier molecular flexibility index (Phi) is 5.69. The number of methoxy groups -OCH3 is 1. The molecule has 0 aliphatic heterocycles. The van der Waals surface area contributed by atoms with Crippen LogP contribution >= 0.6 is 34.2 Å². The van der Waals surface area contributed by atoms with E-state index in [1.54, 1.807) is 7.11 Å². The highest BCUT2D eigenvalue weighted by Crippen LogP contribution is 2.38. The summed E-state index contributed by atoms with van der Waals surface area (Å²) < 4.78 is 6.78. The molecule has 24 heavy (non-hydrogen) atoms. The molecule has 3 rings (SSSR count). The number of rotatable bonds is 6. The molecule has 0 fully saturated rings. The number of H-pyrrole nitrogens is 1. The Morgan fingerprint density at radius 1 is 1.17 bits per heavy atom. The van der Waals surface area contributed by atoms with Crippen LogP contribution in [-0.4, -0.2) is 18.6 Å². The second-order valence-corrected chi connectivity index (χ2v) is 7.44. The minimum absolute atomic E-state index is 0.701. The minimum Gasteiger partial charge on any atom is -0.496 e. The van der Waals surface area contributed by atoms with Gasteiger partial charge in [0.1, 0.15) is 5.75 Å². The fourth-order valence-electron chi connectivity index (χ4n) is 3.03. The lowest BCUT2D eigenvalue weighted by molar-refractivity contribution is 0.416. The maximum absolute atomic E-state index is 6.24. The Morgan fingerprint density at radius 2 is 2.00 bits per heavy atom. The predicted octanol–water partition coefficient (Wildman–Crippen LogP) is 5.38. The molecular weight excluding hydrogens is 435 g/mol. The summed E-state index contributed by atoms with van der Waals surface area (Å²) >= 11 is 8.59. The van der Waals surface area contributed by atoms with Gasteiger partial charge < -0.3 is 15.5 Å². The first kappa shape index (κ1) is 17.6. The van der Waals surface area contributed by atoms with E-state index in [0.29, 0.717) is 5.02 Å². The largest absolute Gasteiger partial charge is 0.496 e. The van der Waals surface area contributed by atoms with Crippen molar-refractivity contribution in [1.29, 1.82) is 0 Å². The van der Waals surface area contributed by atoms with Crippen LogP contribution < -0.4 is 10.5 Å². The van der Waals surface area contributed by atoms with Gasteiger partial charge in [0.15, 0.2) is 0 Å². The molecule has 0 amide bonds. The highest BCUT2D eigenvalue weighted by molar-refractivity contribution is 14.1. The van der Waals surface area contributed by atoms with Crippen molar-refractivity contribution in [3.63, 3.8) is 0 Å². The van der Waals surface area contributed by atoms with E-state index in [4.69, 9.17) is 22.1 Å². The summed E-state index contributed by atoms with van der Waals surface area (Å²) in [6, 6.07) is 12.2. The lowest BCUT2D eigenvalue weighted by Gasteiger charge is -2.10. The van der Waals surface area contributed by atoms with Crippen molar-refractivity contribution in [2.45, 2.75) is 19.3 Å². The Morgan fingerprint density at radius 3 is 2.75 bits per heavy atom. The van der Waals surface area contributed by atoms with E-state index in [0.717, 1.165) is 48.3 Å². The van der Waals surface area contributed by atoms with Crippen molar-refractivity contribution in [2.75, 3.05) is 13.7 Å². The van der Waals surface area contributed by atoms with Gasteiger partial charge in [-0.2, -0.15) is 0 Å². The zero-order valence-electron chi connectivity index (χ0n) is 13.5. The molecule has 2 aromatic carbocycles. The summed E-state index contributed by atoms with van der Waals surface area (Å²) in [5, 5.41) is 1.96. The summed E-state index contributed by atoms with van der Waals surface area (Å²) in [5.41, 5.74) is 10.2. The van der Waals surface area contributed by atoms with Crippen molar-refractivity contribution in [3.8, 4) is 17.0 Å². The highest BCUT2D eigenvalue weighted by atomic mass is 127. The van der Waals surface area contributed by atoms with E-state index >= 15 is 0 Å². The van der Waals surface area contributed by atoms with E-state index in [1.165, 1.54) is 14.5 Å². The second kappa shape index (κ2) is 7.76. The first-order valence-corrected chi connectivity index (χ1v) is 9.43. The van der Waals surface area contributed by atoms with E-state index in [2.05, 4.69) is 45.8 Å². The number of nitrogens with two attached hydrogens (primary N) is 1. The van der Waals surface area contributed by atoms with E-state index in [1.807, 2.05) is 18.2 Å².